The van der Waals surface area contributed by atoms with E-state index in [0.717, 1.165) is 17.9 Å². The fourth-order valence-corrected chi connectivity index (χ4v) is 2.50. The van der Waals surface area contributed by atoms with E-state index in [-0.39, 0.29) is 0 Å². The van der Waals surface area contributed by atoms with Crippen LogP contribution >= 0.6 is 11.6 Å². The van der Waals surface area contributed by atoms with Crippen LogP contribution in [0, 0.1) is 0 Å². The van der Waals surface area contributed by atoms with Crippen LogP contribution in [-0.2, 0) is 12.8 Å². The van der Waals surface area contributed by atoms with E-state index in [1.165, 1.54) is 11.1 Å². The first-order valence-electron chi connectivity index (χ1n) is 5.48. The molecule has 3 heteroatoms. The summed E-state index contributed by atoms with van der Waals surface area (Å²) in [5.74, 6) is 0. The van der Waals surface area contributed by atoms with Crippen molar-refractivity contribution in [1.29, 1.82) is 0 Å². The molecule has 0 amide bonds. The van der Waals surface area contributed by atoms with Crippen LogP contribution in [0.2, 0.25) is 5.02 Å². The molecule has 1 aliphatic carbocycles. The van der Waals surface area contributed by atoms with Crippen LogP contribution < -0.4 is 5.43 Å². The molecular weight excluding hydrogens is 220 g/mol. The Labute approximate surface area is 99.8 Å². The first kappa shape index (κ1) is 9.79. The Hall–Kier alpha value is -1.41. The highest BCUT2D eigenvalue weighted by Crippen LogP contribution is 2.25. The lowest BCUT2D eigenvalue weighted by atomic mass is 10.1. The molecule has 0 radical (unpaired) electrons. The quantitative estimate of drug-likeness (QED) is 0.843. The lowest BCUT2D eigenvalue weighted by Crippen LogP contribution is -2.27. The molecule has 1 aliphatic rings. The van der Waals surface area contributed by atoms with E-state index in [1.807, 2.05) is 35.3 Å². The number of halogens is 1. The first-order chi connectivity index (χ1) is 7.81. The highest BCUT2D eigenvalue weighted by Gasteiger charge is 2.21. The van der Waals surface area contributed by atoms with Crippen LogP contribution in [0.1, 0.15) is 11.1 Å². The monoisotopic (exact) mass is 232 g/mol. The van der Waals surface area contributed by atoms with Crippen LogP contribution in [0.3, 0.4) is 0 Å². The fraction of sp³-hybridized carbons (Fsp3) is 0.231. The van der Waals surface area contributed by atoms with Gasteiger partial charge in [0.25, 0.3) is 0 Å². The Morgan fingerprint density at radius 3 is 2.69 bits per heavy atom. The van der Waals surface area contributed by atoms with Gasteiger partial charge in [0.2, 0.25) is 0 Å². The molecule has 0 bridgehead atoms. The third-order valence-corrected chi connectivity index (χ3v) is 3.27. The van der Waals surface area contributed by atoms with Crippen molar-refractivity contribution in [3.8, 4) is 0 Å². The standard InChI is InChI=1S/C13H13ClN2/c14-12-4-3-10-8-13(9-11(10)7-12)15-16-5-1-2-6-16/h1-7,13,15H,8-9H2. The molecule has 1 N–H and O–H groups in total. The molecule has 0 saturated carbocycles. The molecule has 82 valence electrons. The molecule has 1 unspecified atom stereocenters. The minimum atomic E-state index is 0.473. The number of nitrogens with zero attached hydrogens (tertiary/aromatic N) is 1. The molecule has 2 nitrogen and oxygen atoms in total. The lowest BCUT2D eigenvalue weighted by Gasteiger charge is -2.14. The molecule has 1 heterocycles. The molecule has 3 rings (SSSR count). The normalized spacial score (nSPS) is 18.4. The van der Waals surface area contributed by atoms with Crippen molar-refractivity contribution in [2.75, 3.05) is 5.43 Å². The van der Waals surface area contributed by atoms with Gasteiger partial charge in [-0.05, 0) is 48.2 Å². The SMILES string of the molecule is Clc1ccc2c(c1)CC(Nn1cccc1)C2. The molecule has 0 fully saturated rings. The van der Waals surface area contributed by atoms with E-state index < -0.39 is 0 Å². The van der Waals surface area contributed by atoms with E-state index in [0.29, 0.717) is 6.04 Å². The highest BCUT2D eigenvalue weighted by atomic mass is 35.5. The zero-order valence-corrected chi connectivity index (χ0v) is 9.61. The number of rotatable bonds is 2. The van der Waals surface area contributed by atoms with Crippen LogP contribution in [0.25, 0.3) is 0 Å². The minimum Gasteiger partial charge on any atom is -0.323 e. The molecular formula is C13H13ClN2. The molecule has 0 spiro atoms. The summed E-state index contributed by atoms with van der Waals surface area (Å²) < 4.78 is 2.01. The summed E-state index contributed by atoms with van der Waals surface area (Å²) in [7, 11) is 0. The van der Waals surface area contributed by atoms with Gasteiger partial charge < -0.3 is 5.43 Å². The van der Waals surface area contributed by atoms with Crippen LogP contribution in [0.15, 0.2) is 42.7 Å². The summed E-state index contributed by atoms with van der Waals surface area (Å²) in [4.78, 5) is 0. The van der Waals surface area contributed by atoms with Crippen molar-refractivity contribution in [3.63, 3.8) is 0 Å². The van der Waals surface area contributed by atoms with Gasteiger partial charge in [-0.3, -0.25) is 4.68 Å². The Kier molecular flexibility index (Phi) is 2.37. The average molecular weight is 233 g/mol. The summed E-state index contributed by atoms with van der Waals surface area (Å²) in [6, 6.07) is 10.7. The van der Waals surface area contributed by atoms with Crippen molar-refractivity contribution in [2.45, 2.75) is 18.9 Å². The Bertz CT molecular complexity index is 491. The van der Waals surface area contributed by atoms with E-state index in [4.69, 9.17) is 11.6 Å². The average Bonchev–Trinajstić information content (AvgIpc) is 2.86. The molecule has 16 heavy (non-hydrogen) atoms. The first-order valence-corrected chi connectivity index (χ1v) is 5.86. The topological polar surface area (TPSA) is 17.0 Å². The minimum absolute atomic E-state index is 0.473. The summed E-state index contributed by atoms with van der Waals surface area (Å²) in [6.45, 7) is 0. The molecule has 1 atom stereocenters. The lowest BCUT2D eigenvalue weighted by molar-refractivity contribution is 0.669. The molecule has 1 aromatic carbocycles. The molecule has 2 aromatic rings. The van der Waals surface area contributed by atoms with Gasteiger partial charge in [-0.2, -0.15) is 0 Å². The number of hydrogen-bond acceptors (Lipinski definition) is 1. The van der Waals surface area contributed by atoms with E-state index in [1.54, 1.807) is 0 Å². The number of nitrogens with one attached hydrogen (secondary N) is 1. The molecule has 0 saturated heterocycles. The van der Waals surface area contributed by atoms with Gasteiger partial charge in [0.1, 0.15) is 0 Å². The van der Waals surface area contributed by atoms with Gasteiger partial charge in [0.15, 0.2) is 0 Å². The van der Waals surface area contributed by atoms with Gasteiger partial charge in [0.05, 0.1) is 6.04 Å². The zero-order chi connectivity index (χ0) is 11.0. The summed E-state index contributed by atoms with van der Waals surface area (Å²) >= 11 is 5.99. The predicted octanol–water partition coefficient (Wildman–Crippen LogP) is 2.85. The van der Waals surface area contributed by atoms with Crippen molar-refractivity contribution in [1.82, 2.24) is 4.68 Å². The second-order valence-corrected chi connectivity index (χ2v) is 4.67. The van der Waals surface area contributed by atoms with Gasteiger partial charge >= 0.3 is 0 Å². The second-order valence-electron chi connectivity index (χ2n) is 4.24. The largest absolute Gasteiger partial charge is 0.323 e. The Balaban J connectivity index is 1.75. The maximum atomic E-state index is 5.99. The van der Waals surface area contributed by atoms with Crippen LogP contribution in [-0.4, -0.2) is 10.7 Å². The summed E-state index contributed by atoms with van der Waals surface area (Å²) in [6.07, 6.45) is 6.17. The maximum absolute atomic E-state index is 5.99. The number of aromatic nitrogens is 1. The van der Waals surface area contributed by atoms with Crippen molar-refractivity contribution in [3.05, 3.63) is 58.9 Å². The van der Waals surface area contributed by atoms with Gasteiger partial charge in [-0.25, -0.2) is 0 Å². The zero-order valence-electron chi connectivity index (χ0n) is 8.86. The van der Waals surface area contributed by atoms with Crippen LogP contribution in [0.5, 0.6) is 0 Å². The second kappa shape index (κ2) is 3.87. The summed E-state index contributed by atoms with van der Waals surface area (Å²) in [5.41, 5.74) is 6.24. The predicted molar refractivity (Wildman–Crippen MR) is 66.4 cm³/mol. The maximum Gasteiger partial charge on any atom is 0.0505 e. The highest BCUT2D eigenvalue weighted by molar-refractivity contribution is 6.30. The van der Waals surface area contributed by atoms with Crippen molar-refractivity contribution >= 4 is 11.6 Å². The van der Waals surface area contributed by atoms with E-state index in [2.05, 4.69) is 17.6 Å². The van der Waals surface area contributed by atoms with E-state index >= 15 is 0 Å². The fourth-order valence-electron chi connectivity index (χ4n) is 2.31. The van der Waals surface area contributed by atoms with Gasteiger partial charge in [-0.1, -0.05) is 17.7 Å². The smallest absolute Gasteiger partial charge is 0.0505 e. The van der Waals surface area contributed by atoms with Crippen molar-refractivity contribution < 1.29 is 0 Å². The van der Waals surface area contributed by atoms with E-state index in [9.17, 15) is 0 Å². The molecule has 0 aliphatic heterocycles. The van der Waals surface area contributed by atoms with Gasteiger partial charge in [-0.15, -0.1) is 0 Å². The third-order valence-electron chi connectivity index (χ3n) is 3.04. The summed E-state index contributed by atoms with van der Waals surface area (Å²) in [5, 5.41) is 0.834. The number of fused-ring (bicyclic) bond motifs is 1. The molecule has 1 aromatic heterocycles. The van der Waals surface area contributed by atoms with Crippen LogP contribution in [0.4, 0.5) is 0 Å². The number of hydrogen-bond donors (Lipinski definition) is 1. The Morgan fingerprint density at radius 1 is 1.12 bits per heavy atom. The van der Waals surface area contributed by atoms with Gasteiger partial charge in [0, 0.05) is 17.4 Å². The third kappa shape index (κ3) is 1.81. The number of benzene rings is 1. The Morgan fingerprint density at radius 2 is 1.88 bits per heavy atom. The van der Waals surface area contributed by atoms with Crippen molar-refractivity contribution in [2.24, 2.45) is 0 Å².